The fourth-order valence-electron chi connectivity index (χ4n) is 3.26. The standard InChI is InChI=1S/C22H26N6O2S2/c1-11(2)15-6-8-16(9-7-15)30-10-17-26-27-22(28(17)23)32-14(5)19-24-20(29)18-12(3)13(4)31-21(18)25-19/h6-9,11,14H,10,23H2,1-5H3,(H,24,25,29). The highest BCUT2D eigenvalue weighted by molar-refractivity contribution is 7.99. The number of nitrogens with two attached hydrogens (primary N) is 1. The molecule has 4 aromatic rings. The summed E-state index contributed by atoms with van der Waals surface area (Å²) in [4.78, 5) is 22.0. The van der Waals surface area contributed by atoms with Crippen molar-refractivity contribution in [2.24, 2.45) is 0 Å². The van der Waals surface area contributed by atoms with Gasteiger partial charge in [-0.3, -0.25) is 4.79 Å². The Morgan fingerprint density at radius 1 is 1.19 bits per heavy atom. The molecule has 0 amide bonds. The van der Waals surface area contributed by atoms with Crippen molar-refractivity contribution in [3.63, 3.8) is 0 Å². The molecule has 1 atom stereocenters. The van der Waals surface area contributed by atoms with Crippen molar-refractivity contribution < 1.29 is 4.74 Å². The molecular weight excluding hydrogens is 444 g/mol. The molecule has 168 valence electrons. The summed E-state index contributed by atoms with van der Waals surface area (Å²) in [5.41, 5.74) is 2.12. The monoisotopic (exact) mass is 470 g/mol. The first-order valence-corrected chi connectivity index (χ1v) is 12.0. The fraction of sp³-hybridized carbons (Fsp3) is 0.364. The van der Waals surface area contributed by atoms with Crippen LogP contribution in [0.5, 0.6) is 5.75 Å². The molecule has 3 N–H and O–H groups in total. The van der Waals surface area contributed by atoms with Crippen LogP contribution in [0, 0.1) is 13.8 Å². The van der Waals surface area contributed by atoms with Crippen LogP contribution in [0.15, 0.2) is 34.2 Å². The molecule has 3 aromatic heterocycles. The quantitative estimate of drug-likeness (QED) is 0.303. The number of nitrogens with zero attached hydrogens (tertiary/aromatic N) is 4. The number of fused-ring (bicyclic) bond motifs is 1. The van der Waals surface area contributed by atoms with Gasteiger partial charge in [-0.2, -0.15) is 0 Å². The van der Waals surface area contributed by atoms with Crippen LogP contribution in [0.25, 0.3) is 10.2 Å². The highest BCUT2D eigenvalue weighted by Crippen LogP contribution is 2.33. The summed E-state index contributed by atoms with van der Waals surface area (Å²) >= 11 is 2.91. The van der Waals surface area contributed by atoms with Gasteiger partial charge in [-0.15, -0.1) is 21.5 Å². The number of hydrogen-bond acceptors (Lipinski definition) is 8. The van der Waals surface area contributed by atoms with Crippen LogP contribution in [-0.4, -0.2) is 24.8 Å². The number of aromatic amines is 1. The van der Waals surface area contributed by atoms with Gasteiger partial charge in [0.15, 0.2) is 5.82 Å². The smallest absolute Gasteiger partial charge is 0.259 e. The Hall–Kier alpha value is -2.85. The third-order valence-electron chi connectivity index (χ3n) is 5.37. The normalized spacial score (nSPS) is 12.6. The van der Waals surface area contributed by atoms with Gasteiger partial charge in [-0.05, 0) is 49.9 Å². The average Bonchev–Trinajstić information content (AvgIpc) is 3.25. The van der Waals surface area contributed by atoms with Crippen molar-refractivity contribution in [1.29, 1.82) is 0 Å². The molecule has 0 aliphatic rings. The number of rotatable bonds is 7. The van der Waals surface area contributed by atoms with E-state index in [1.54, 1.807) is 0 Å². The van der Waals surface area contributed by atoms with E-state index in [4.69, 9.17) is 10.6 Å². The van der Waals surface area contributed by atoms with E-state index in [-0.39, 0.29) is 17.4 Å². The maximum absolute atomic E-state index is 12.6. The summed E-state index contributed by atoms with van der Waals surface area (Å²) in [6.07, 6.45) is 0. The zero-order chi connectivity index (χ0) is 23.0. The first kappa shape index (κ1) is 22.3. The number of H-pyrrole nitrogens is 1. The van der Waals surface area contributed by atoms with Gasteiger partial charge in [0, 0.05) is 4.88 Å². The van der Waals surface area contributed by atoms with Crippen LogP contribution in [0.4, 0.5) is 0 Å². The third-order valence-corrected chi connectivity index (χ3v) is 7.54. The minimum absolute atomic E-state index is 0.119. The largest absolute Gasteiger partial charge is 0.486 e. The van der Waals surface area contributed by atoms with Gasteiger partial charge >= 0.3 is 0 Å². The number of ether oxygens (including phenoxy) is 1. The van der Waals surface area contributed by atoms with Crippen LogP contribution in [0.1, 0.15) is 59.6 Å². The number of nitrogens with one attached hydrogen (secondary N) is 1. The highest BCUT2D eigenvalue weighted by Gasteiger charge is 2.19. The van der Waals surface area contributed by atoms with Gasteiger partial charge in [0.2, 0.25) is 5.16 Å². The lowest BCUT2D eigenvalue weighted by Gasteiger charge is -2.11. The van der Waals surface area contributed by atoms with Crippen molar-refractivity contribution in [3.8, 4) is 5.75 Å². The first-order valence-electron chi connectivity index (χ1n) is 10.3. The molecular formula is C22H26N6O2S2. The number of thiophene rings is 1. The topological polar surface area (TPSA) is 112 Å². The average molecular weight is 471 g/mol. The van der Waals surface area contributed by atoms with E-state index in [0.717, 1.165) is 21.0 Å². The van der Waals surface area contributed by atoms with Crippen LogP contribution in [0.3, 0.4) is 0 Å². The van der Waals surface area contributed by atoms with E-state index in [1.807, 2.05) is 32.9 Å². The molecule has 4 rings (SSSR count). The minimum Gasteiger partial charge on any atom is -0.486 e. The minimum atomic E-state index is -0.168. The zero-order valence-corrected chi connectivity index (χ0v) is 20.3. The predicted octanol–water partition coefficient (Wildman–Crippen LogP) is 4.46. The summed E-state index contributed by atoms with van der Waals surface area (Å²) in [6, 6.07) is 7.99. The number of hydrogen-bond donors (Lipinski definition) is 2. The van der Waals surface area contributed by atoms with Crippen molar-refractivity contribution in [2.75, 3.05) is 5.84 Å². The number of benzene rings is 1. The zero-order valence-electron chi connectivity index (χ0n) is 18.7. The van der Waals surface area contributed by atoms with E-state index >= 15 is 0 Å². The third kappa shape index (κ3) is 4.37. The Morgan fingerprint density at radius 2 is 1.91 bits per heavy atom. The van der Waals surface area contributed by atoms with Gasteiger partial charge in [-0.1, -0.05) is 37.7 Å². The molecule has 0 bridgehead atoms. The molecule has 1 unspecified atom stereocenters. The number of aryl methyl sites for hydroxylation is 2. The summed E-state index contributed by atoms with van der Waals surface area (Å²) < 4.78 is 7.23. The van der Waals surface area contributed by atoms with Gasteiger partial charge in [0.05, 0.1) is 10.6 Å². The van der Waals surface area contributed by atoms with Crippen LogP contribution >= 0.6 is 23.1 Å². The van der Waals surface area contributed by atoms with E-state index < -0.39 is 0 Å². The molecule has 0 aliphatic heterocycles. The maximum Gasteiger partial charge on any atom is 0.259 e. The predicted molar refractivity (Wildman–Crippen MR) is 129 cm³/mol. The first-order chi connectivity index (χ1) is 15.2. The molecule has 0 fully saturated rings. The van der Waals surface area contributed by atoms with Crippen LogP contribution in [0.2, 0.25) is 0 Å². The summed E-state index contributed by atoms with van der Waals surface area (Å²) in [5.74, 6) is 8.51. The highest BCUT2D eigenvalue weighted by atomic mass is 32.2. The lowest BCUT2D eigenvalue weighted by molar-refractivity contribution is 0.291. The molecule has 0 spiro atoms. The number of nitrogen functional groups attached to an aromatic ring is 1. The molecule has 8 nitrogen and oxygen atoms in total. The second-order valence-corrected chi connectivity index (χ2v) is 10.5. The molecule has 0 saturated carbocycles. The number of aromatic nitrogens is 5. The molecule has 32 heavy (non-hydrogen) atoms. The Balaban J connectivity index is 1.46. The molecule has 10 heteroatoms. The van der Waals surface area contributed by atoms with E-state index in [0.29, 0.717) is 28.1 Å². The molecule has 0 aliphatic carbocycles. The summed E-state index contributed by atoms with van der Waals surface area (Å²) in [7, 11) is 0. The van der Waals surface area contributed by atoms with E-state index in [2.05, 4.69) is 46.1 Å². The second-order valence-electron chi connectivity index (χ2n) is 7.96. The maximum atomic E-state index is 12.6. The van der Waals surface area contributed by atoms with Crippen molar-refractivity contribution in [3.05, 3.63) is 62.3 Å². The summed E-state index contributed by atoms with van der Waals surface area (Å²) in [6.45, 7) is 10.4. The lowest BCUT2D eigenvalue weighted by atomic mass is 10.0. The van der Waals surface area contributed by atoms with Crippen molar-refractivity contribution in [2.45, 2.75) is 57.5 Å². The molecule has 1 aromatic carbocycles. The Bertz CT molecular complexity index is 1310. The van der Waals surface area contributed by atoms with Gasteiger partial charge < -0.3 is 15.6 Å². The van der Waals surface area contributed by atoms with E-state index in [9.17, 15) is 4.79 Å². The Kier molecular flexibility index (Phi) is 6.25. The van der Waals surface area contributed by atoms with E-state index in [1.165, 1.54) is 33.3 Å². The van der Waals surface area contributed by atoms with Gasteiger partial charge in [0.1, 0.15) is 23.0 Å². The summed E-state index contributed by atoms with van der Waals surface area (Å²) in [5, 5.41) is 9.36. The van der Waals surface area contributed by atoms with Crippen LogP contribution < -0.4 is 16.1 Å². The fourth-order valence-corrected chi connectivity index (χ4v) is 5.14. The van der Waals surface area contributed by atoms with Gasteiger partial charge in [-0.25, -0.2) is 9.66 Å². The Labute approximate surface area is 194 Å². The molecule has 0 saturated heterocycles. The van der Waals surface area contributed by atoms with Crippen molar-refractivity contribution >= 4 is 33.3 Å². The second kappa shape index (κ2) is 8.95. The SMILES string of the molecule is Cc1sc2nc(C(C)Sc3nnc(COc4ccc(C(C)C)cc4)n3N)[nH]c(=O)c2c1C. The van der Waals surface area contributed by atoms with Gasteiger partial charge in [0.25, 0.3) is 5.56 Å². The Morgan fingerprint density at radius 3 is 2.59 bits per heavy atom. The van der Waals surface area contributed by atoms with Crippen LogP contribution in [-0.2, 0) is 6.61 Å². The molecule has 0 radical (unpaired) electrons. The molecule has 3 heterocycles. The lowest BCUT2D eigenvalue weighted by Crippen LogP contribution is -2.17. The van der Waals surface area contributed by atoms with Crippen molar-refractivity contribution in [1.82, 2.24) is 24.8 Å². The number of thioether (sulfide) groups is 1.